The van der Waals surface area contributed by atoms with E-state index in [-0.39, 0.29) is 33.9 Å². The number of allylic oxidation sites excluding steroid dienone is 1. The minimum Gasteiger partial charge on any atom is -0.405 e. The van der Waals surface area contributed by atoms with Gasteiger partial charge in [0.1, 0.15) is 11.5 Å². The molecular weight excluding hydrogens is 502 g/mol. The van der Waals surface area contributed by atoms with Crippen LogP contribution in [-0.2, 0) is 6.18 Å². The molecule has 37 heavy (non-hydrogen) atoms. The van der Waals surface area contributed by atoms with Gasteiger partial charge in [-0.05, 0) is 48.2 Å². The molecular formula is C24H16F6N6O. The van der Waals surface area contributed by atoms with Crippen LogP contribution < -0.4 is 11.2 Å². The van der Waals surface area contributed by atoms with Crippen molar-refractivity contribution in [1.82, 2.24) is 19.6 Å². The second-order valence-electron chi connectivity index (χ2n) is 7.53. The third-order valence-corrected chi connectivity index (χ3v) is 5.06. The van der Waals surface area contributed by atoms with E-state index in [1.165, 1.54) is 30.5 Å². The fourth-order valence-corrected chi connectivity index (χ4v) is 3.34. The third kappa shape index (κ3) is 5.60. The molecule has 190 valence electrons. The van der Waals surface area contributed by atoms with Crippen molar-refractivity contribution in [1.29, 1.82) is 0 Å². The highest BCUT2D eigenvalue weighted by Crippen LogP contribution is 2.31. The van der Waals surface area contributed by atoms with Gasteiger partial charge >= 0.3 is 12.7 Å². The molecule has 0 radical (unpaired) electrons. The number of benzene rings is 2. The Morgan fingerprint density at radius 1 is 1.08 bits per heavy atom. The molecule has 13 heteroatoms. The standard InChI is InChI=1S/C24H16F6N6O/c25-18-10-14(15-12-32-36(13-15)23(26)27)4-5-20(18)35-9-7-21(37)22(34-35)19(6-8-31)33-17-3-1-2-16(11-17)24(28,29)30/h1-13,23H,31H2. The van der Waals surface area contributed by atoms with Gasteiger partial charge in [0.25, 0.3) is 0 Å². The van der Waals surface area contributed by atoms with Crippen molar-refractivity contribution in [3.63, 3.8) is 0 Å². The third-order valence-electron chi connectivity index (χ3n) is 5.06. The molecule has 0 bridgehead atoms. The normalized spacial score (nSPS) is 12.6. The van der Waals surface area contributed by atoms with Gasteiger partial charge in [0.15, 0.2) is 5.69 Å². The molecule has 0 saturated heterocycles. The second-order valence-corrected chi connectivity index (χ2v) is 7.53. The Bertz CT molecular complexity index is 1550. The van der Waals surface area contributed by atoms with Crippen LogP contribution in [0.1, 0.15) is 17.8 Å². The maximum atomic E-state index is 15.0. The smallest absolute Gasteiger partial charge is 0.405 e. The van der Waals surface area contributed by atoms with Gasteiger partial charge in [-0.25, -0.2) is 18.7 Å². The van der Waals surface area contributed by atoms with Gasteiger partial charge < -0.3 is 5.73 Å². The molecule has 7 nitrogen and oxygen atoms in total. The van der Waals surface area contributed by atoms with E-state index < -0.39 is 29.5 Å². The molecule has 0 aliphatic heterocycles. The van der Waals surface area contributed by atoms with Crippen LogP contribution in [0.5, 0.6) is 0 Å². The summed E-state index contributed by atoms with van der Waals surface area (Å²) in [5, 5.41) is 7.62. The number of nitrogens with zero attached hydrogens (tertiary/aromatic N) is 5. The van der Waals surface area contributed by atoms with Crippen molar-refractivity contribution < 1.29 is 26.3 Å². The molecule has 0 fully saturated rings. The SMILES string of the molecule is NC=CC(=Nc1cccc(C(F)(F)F)c1)c1nn(-c2ccc(-c3cnn(C(F)F)c3)cc2F)ccc1=O. The first-order valence-electron chi connectivity index (χ1n) is 10.4. The molecule has 2 aromatic heterocycles. The lowest BCUT2D eigenvalue weighted by Crippen LogP contribution is -2.20. The van der Waals surface area contributed by atoms with Gasteiger partial charge in [-0.1, -0.05) is 12.1 Å². The number of hydrogen-bond acceptors (Lipinski definition) is 5. The summed E-state index contributed by atoms with van der Waals surface area (Å²) < 4.78 is 81.2. The summed E-state index contributed by atoms with van der Waals surface area (Å²) in [6.07, 6.45) is 1.01. The van der Waals surface area contributed by atoms with Crippen LogP contribution in [0.15, 0.2) is 89.2 Å². The Morgan fingerprint density at radius 2 is 1.86 bits per heavy atom. The number of nitrogens with two attached hydrogens (primary N) is 1. The van der Waals surface area contributed by atoms with Crippen LogP contribution in [0.2, 0.25) is 0 Å². The monoisotopic (exact) mass is 518 g/mol. The van der Waals surface area contributed by atoms with Crippen LogP contribution in [-0.4, -0.2) is 25.3 Å². The molecule has 2 heterocycles. The van der Waals surface area contributed by atoms with Crippen LogP contribution >= 0.6 is 0 Å². The highest BCUT2D eigenvalue weighted by molar-refractivity contribution is 6.08. The Hall–Kier alpha value is -4.68. The number of rotatable bonds is 6. The highest BCUT2D eigenvalue weighted by atomic mass is 19.4. The summed E-state index contributed by atoms with van der Waals surface area (Å²) in [5.74, 6) is -0.796. The summed E-state index contributed by atoms with van der Waals surface area (Å²) in [6, 6.07) is 9.04. The first-order chi connectivity index (χ1) is 17.6. The summed E-state index contributed by atoms with van der Waals surface area (Å²) in [7, 11) is 0. The van der Waals surface area contributed by atoms with Gasteiger partial charge in [-0.15, -0.1) is 0 Å². The Balaban J connectivity index is 1.74. The fourth-order valence-electron chi connectivity index (χ4n) is 3.34. The van der Waals surface area contributed by atoms with E-state index in [2.05, 4.69) is 15.2 Å². The average molecular weight is 518 g/mol. The largest absolute Gasteiger partial charge is 0.416 e. The van der Waals surface area contributed by atoms with Crippen molar-refractivity contribution in [2.45, 2.75) is 12.7 Å². The quantitative estimate of drug-likeness (QED) is 0.279. The number of alkyl halides is 5. The van der Waals surface area contributed by atoms with Crippen molar-refractivity contribution >= 4 is 11.4 Å². The predicted octanol–water partition coefficient (Wildman–Crippen LogP) is 5.24. The fraction of sp³-hybridized carbons (Fsp3) is 0.0833. The van der Waals surface area contributed by atoms with E-state index in [9.17, 15) is 31.1 Å². The zero-order valence-corrected chi connectivity index (χ0v) is 18.6. The summed E-state index contributed by atoms with van der Waals surface area (Å²) >= 11 is 0. The molecule has 0 unspecified atom stereocenters. The van der Waals surface area contributed by atoms with Gasteiger partial charge in [0.2, 0.25) is 5.43 Å². The van der Waals surface area contributed by atoms with Crippen molar-refractivity contribution in [2.75, 3.05) is 0 Å². The van der Waals surface area contributed by atoms with Gasteiger partial charge in [-0.3, -0.25) is 4.79 Å². The predicted molar refractivity (Wildman–Crippen MR) is 123 cm³/mol. The molecule has 0 aliphatic rings. The summed E-state index contributed by atoms with van der Waals surface area (Å²) in [5.41, 5.74) is 3.72. The molecule has 0 aliphatic carbocycles. The van der Waals surface area contributed by atoms with E-state index >= 15 is 0 Å². The molecule has 0 saturated carbocycles. The summed E-state index contributed by atoms with van der Waals surface area (Å²) in [6.45, 7) is -2.85. The van der Waals surface area contributed by atoms with Crippen molar-refractivity contribution in [3.05, 3.63) is 107 Å². The Kier molecular flexibility index (Phi) is 6.96. The minimum atomic E-state index is -4.60. The summed E-state index contributed by atoms with van der Waals surface area (Å²) in [4.78, 5) is 16.6. The van der Waals surface area contributed by atoms with Crippen LogP contribution in [0, 0.1) is 5.82 Å². The van der Waals surface area contributed by atoms with Crippen LogP contribution in [0.4, 0.5) is 32.0 Å². The Morgan fingerprint density at radius 3 is 2.51 bits per heavy atom. The number of aromatic nitrogens is 4. The molecule has 4 rings (SSSR count). The highest BCUT2D eigenvalue weighted by Gasteiger charge is 2.30. The topological polar surface area (TPSA) is 91.1 Å². The molecule has 0 spiro atoms. The number of hydrogen-bond donors (Lipinski definition) is 1. The maximum absolute atomic E-state index is 15.0. The zero-order valence-electron chi connectivity index (χ0n) is 18.6. The number of aliphatic imine (C=N–C) groups is 1. The second kappa shape index (κ2) is 10.1. The molecule has 0 amide bonds. The zero-order chi connectivity index (χ0) is 26.7. The molecule has 4 aromatic rings. The lowest BCUT2D eigenvalue weighted by Gasteiger charge is -2.10. The molecule has 2 aromatic carbocycles. The van der Waals surface area contributed by atoms with Gasteiger partial charge in [-0.2, -0.15) is 32.1 Å². The Labute approximate surface area is 204 Å². The van der Waals surface area contributed by atoms with Crippen LogP contribution in [0.25, 0.3) is 16.8 Å². The van der Waals surface area contributed by atoms with Crippen molar-refractivity contribution in [3.8, 4) is 16.8 Å². The molecule has 0 atom stereocenters. The van der Waals surface area contributed by atoms with E-state index in [1.54, 1.807) is 0 Å². The number of halogens is 6. The molecule has 2 N–H and O–H groups in total. The van der Waals surface area contributed by atoms with Gasteiger partial charge in [0, 0.05) is 24.0 Å². The first kappa shape index (κ1) is 25.4. The minimum absolute atomic E-state index is 0.0959. The maximum Gasteiger partial charge on any atom is 0.416 e. The van der Waals surface area contributed by atoms with Crippen molar-refractivity contribution in [2.24, 2.45) is 10.7 Å². The van der Waals surface area contributed by atoms with Crippen LogP contribution in [0.3, 0.4) is 0 Å². The average Bonchev–Trinajstić information content (AvgIpc) is 3.35. The lowest BCUT2D eigenvalue weighted by molar-refractivity contribution is -0.137. The van der Waals surface area contributed by atoms with E-state index in [0.29, 0.717) is 4.68 Å². The lowest BCUT2D eigenvalue weighted by atomic mass is 10.1. The first-order valence-corrected chi connectivity index (χ1v) is 10.4. The van der Waals surface area contributed by atoms with E-state index in [4.69, 9.17) is 5.73 Å². The van der Waals surface area contributed by atoms with E-state index in [0.717, 1.165) is 53.6 Å². The van der Waals surface area contributed by atoms with E-state index in [1.807, 2.05) is 0 Å². The van der Waals surface area contributed by atoms with Gasteiger partial charge in [0.05, 0.1) is 23.2 Å².